The van der Waals surface area contributed by atoms with Gasteiger partial charge in [-0.15, -0.1) is 11.8 Å². The van der Waals surface area contributed by atoms with Crippen LogP contribution in [0.25, 0.3) is 0 Å². The number of nitrogens with two attached hydrogens (primary N) is 2. The number of benzene rings is 1. The fourth-order valence-electron chi connectivity index (χ4n) is 4.59. The van der Waals surface area contributed by atoms with E-state index >= 15 is 0 Å². The Balaban J connectivity index is 2.63. The first-order valence-electron chi connectivity index (χ1n) is 17.6. The van der Waals surface area contributed by atoms with Gasteiger partial charge in [-0.2, -0.15) is 0 Å². The van der Waals surface area contributed by atoms with Crippen molar-refractivity contribution < 1.29 is 52.5 Å². The van der Waals surface area contributed by atoms with E-state index < -0.39 is 67.5 Å². The third-order valence-corrected chi connectivity index (χ3v) is 8.20. The fraction of sp³-hybridized carbons (Fsp3) is 0.647. The second-order valence-electron chi connectivity index (χ2n) is 11.6. The molecule has 0 bridgehead atoms. The first-order valence-corrected chi connectivity index (χ1v) is 18.7. The lowest BCUT2D eigenvalue weighted by Crippen LogP contribution is -2.54. The van der Waals surface area contributed by atoms with Crippen LogP contribution in [-0.4, -0.2) is 143 Å². The van der Waals surface area contributed by atoms with Crippen LogP contribution >= 0.6 is 11.8 Å². The van der Waals surface area contributed by atoms with E-state index in [1.165, 1.54) is 11.8 Å². The molecule has 19 heteroatoms. The molecule has 3 atom stereocenters. The zero-order chi connectivity index (χ0) is 39.1. The number of unbranched alkanes of at least 4 members (excludes halogenated alkanes) is 1. The van der Waals surface area contributed by atoms with Gasteiger partial charge < -0.3 is 57.4 Å². The summed E-state index contributed by atoms with van der Waals surface area (Å²) in [5, 5.41) is 21.9. The Morgan fingerprint density at radius 1 is 0.679 bits per heavy atom. The molecule has 300 valence electrons. The van der Waals surface area contributed by atoms with Gasteiger partial charge in [0.1, 0.15) is 24.8 Å². The average molecular weight is 774 g/mol. The number of alkyl halides is 1. The van der Waals surface area contributed by atoms with E-state index in [2.05, 4.69) is 26.6 Å². The maximum Gasteiger partial charge on any atom is 0.326 e. The normalized spacial score (nSPS) is 12.6. The van der Waals surface area contributed by atoms with E-state index in [-0.39, 0.29) is 37.7 Å². The van der Waals surface area contributed by atoms with Gasteiger partial charge in [-0.3, -0.25) is 24.0 Å². The predicted octanol–water partition coefficient (Wildman–Crippen LogP) is -1.38. The van der Waals surface area contributed by atoms with Crippen molar-refractivity contribution >= 4 is 47.3 Å². The number of thioether (sulfide) groups is 1. The van der Waals surface area contributed by atoms with Gasteiger partial charge in [0.15, 0.2) is 0 Å². The number of amides is 5. The van der Waals surface area contributed by atoms with E-state index in [0.29, 0.717) is 76.6 Å². The smallest absolute Gasteiger partial charge is 0.326 e. The molecule has 0 heterocycles. The number of carbonyl (C=O) groups excluding carboxylic acids is 5. The monoisotopic (exact) mass is 773 g/mol. The van der Waals surface area contributed by atoms with Crippen LogP contribution < -0.4 is 38.1 Å². The molecule has 0 fully saturated rings. The molecule has 0 aliphatic carbocycles. The molecule has 0 aromatic heterocycles. The molecule has 5 amide bonds. The summed E-state index contributed by atoms with van der Waals surface area (Å²) in [6.07, 6.45) is 2.03. The Kier molecular flexibility index (Phi) is 27.2. The minimum absolute atomic E-state index is 0.0433. The highest BCUT2D eigenvalue weighted by Gasteiger charge is 2.25. The van der Waals surface area contributed by atoms with Gasteiger partial charge in [-0.1, -0.05) is 30.3 Å². The van der Waals surface area contributed by atoms with E-state index in [9.17, 15) is 38.3 Å². The summed E-state index contributed by atoms with van der Waals surface area (Å²) < 4.78 is 27.7. The molecule has 1 aromatic carbocycles. The zero-order valence-electron chi connectivity index (χ0n) is 30.1. The third-order valence-electron chi connectivity index (χ3n) is 7.28. The molecule has 0 saturated carbocycles. The van der Waals surface area contributed by atoms with Gasteiger partial charge in [0, 0.05) is 12.2 Å². The SMILES string of the molecule is NCCCC[C@H](NC(=O)CSCCOCCOCCOCCF)C(=O)NCC(=O)N[C@@H](Cc1ccccc1)C(=O)NCC(=O)N[C@@H](CCCN)C(=O)O. The van der Waals surface area contributed by atoms with E-state index in [1.54, 1.807) is 30.3 Å². The Morgan fingerprint density at radius 3 is 1.79 bits per heavy atom. The number of halogens is 1. The lowest BCUT2D eigenvalue weighted by atomic mass is 10.1. The fourth-order valence-corrected chi connectivity index (χ4v) is 5.24. The van der Waals surface area contributed by atoms with Crippen LogP contribution in [0.4, 0.5) is 4.39 Å². The van der Waals surface area contributed by atoms with Crippen LogP contribution in [0.2, 0.25) is 0 Å². The standard InChI is InChI=1S/C34H56FN7O10S/c35-11-14-50-15-16-51-17-18-52-19-20-53-24-31(45)40-26(9-4-5-12-36)32(46)38-23-30(44)42-28(21-25-7-2-1-3-8-25)33(47)39-22-29(43)41-27(34(48)49)10-6-13-37/h1-3,7-8,26-28H,4-6,9-24,36-37H2,(H,38,46)(H,39,47)(H,40,45)(H,41,43)(H,42,44)(H,48,49)/t26-,27-,28-/m0/s1. The van der Waals surface area contributed by atoms with Gasteiger partial charge in [0.05, 0.1) is 58.5 Å². The Morgan fingerprint density at radius 2 is 1.21 bits per heavy atom. The van der Waals surface area contributed by atoms with E-state index in [1.807, 2.05) is 0 Å². The Bertz CT molecular complexity index is 1220. The number of rotatable bonds is 32. The summed E-state index contributed by atoms with van der Waals surface area (Å²) in [6, 6.07) is 5.58. The van der Waals surface area contributed by atoms with Gasteiger partial charge in [0.2, 0.25) is 29.5 Å². The highest BCUT2D eigenvalue weighted by atomic mass is 32.2. The van der Waals surface area contributed by atoms with Crippen molar-refractivity contribution in [2.24, 2.45) is 11.5 Å². The molecule has 0 aliphatic heterocycles. The zero-order valence-corrected chi connectivity index (χ0v) is 30.9. The summed E-state index contributed by atoms with van der Waals surface area (Å²) in [5.41, 5.74) is 11.7. The number of carbonyl (C=O) groups is 6. The quantitative estimate of drug-likeness (QED) is 0.0393. The number of hydrogen-bond donors (Lipinski definition) is 8. The van der Waals surface area contributed by atoms with Gasteiger partial charge in [-0.25, -0.2) is 9.18 Å². The van der Waals surface area contributed by atoms with Crippen LogP contribution in [0.5, 0.6) is 0 Å². The minimum Gasteiger partial charge on any atom is -0.480 e. The molecule has 1 rings (SSSR count). The Hall–Kier alpha value is -3.88. The molecule has 17 nitrogen and oxygen atoms in total. The molecule has 0 aliphatic rings. The van der Waals surface area contributed by atoms with E-state index in [4.69, 9.17) is 25.7 Å². The van der Waals surface area contributed by atoms with Crippen LogP contribution in [0.1, 0.15) is 37.7 Å². The molecule has 0 radical (unpaired) electrons. The van der Waals surface area contributed by atoms with Crippen LogP contribution in [0, 0.1) is 0 Å². The number of hydrogen-bond acceptors (Lipinski definition) is 12. The van der Waals surface area contributed by atoms with Gasteiger partial charge in [0.25, 0.3) is 0 Å². The van der Waals surface area contributed by atoms with Gasteiger partial charge in [-0.05, 0) is 50.8 Å². The molecule has 0 spiro atoms. The minimum atomic E-state index is -1.23. The summed E-state index contributed by atoms with van der Waals surface area (Å²) in [6.45, 7) is 0.861. The predicted molar refractivity (Wildman–Crippen MR) is 197 cm³/mol. The van der Waals surface area contributed by atoms with Crippen LogP contribution in [-0.2, 0) is 49.4 Å². The van der Waals surface area contributed by atoms with Crippen molar-refractivity contribution in [2.45, 2.75) is 56.7 Å². The highest BCUT2D eigenvalue weighted by Crippen LogP contribution is 2.06. The number of aliphatic carboxylic acids is 1. The summed E-state index contributed by atoms with van der Waals surface area (Å²) in [7, 11) is 0. The molecule has 53 heavy (non-hydrogen) atoms. The summed E-state index contributed by atoms with van der Waals surface area (Å²) >= 11 is 1.32. The number of nitrogens with one attached hydrogen (secondary N) is 5. The van der Waals surface area contributed by atoms with Crippen molar-refractivity contribution in [2.75, 3.05) is 84.0 Å². The van der Waals surface area contributed by atoms with Crippen molar-refractivity contribution in [3.8, 4) is 0 Å². The first-order chi connectivity index (χ1) is 25.6. The number of carboxylic acids is 1. The second kappa shape index (κ2) is 30.6. The molecule has 10 N–H and O–H groups in total. The van der Waals surface area contributed by atoms with Crippen LogP contribution in [0.15, 0.2) is 30.3 Å². The maximum atomic E-state index is 13.1. The van der Waals surface area contributed by atoms with Crippen molar-refractivity contribution in [3.63, 3.8) is 0 Å². The molecule has 0 unspecified atom stereocenters. The maximum absolute atomic E-state index is 13.1. The Labute approximate surface area is 313 Å². The topological polar surface area (TPSA) is 263 Å². The van der Waals surface area contributed by atoms with Crippen molar-refractivity contribution in [1.82, 2.24) is 26.6 Å². The molecular weight excluding hydrogens is 717 g/mol. The molecule has 0 saturated heterocycles. The van der Waals surface area contributed by atoms with Crippen LogP contribution in [0.3, 0.4) is 0 Å². The van der Waals surface area contributed by atoms with Crippen molar-refractivity contribution in [1.29, 1.82) is 0 Å². The largest absolute Gasteiger partial charge is 0.480 e. The lowest BCUT2D eigenvalue weighted by molar-refractivity contribution is -0.142. The molecular formula is C34H56FN7O10S. The number of carboxylic acid groups (broad SMARTS) is 1. The summed E-state index contributed by atoms with van der Waals surface area (Å²) in [5.74, 6) is -3.71. The lowest BCUT2D eigenvalue weighted by Gasteiger charge is -2.21. The van der Waals surface area contributed by atoms with E-state index in [0.717, 1.165) is 0 Å². The highest BCUT2D eigenvalue weighted by molar-refractivity contribution is 7.99. The summed E-state index contributed by atoms with van der Waals surface area (Å²) in [4.78, 5) is 75.6. The average Bonchev–Trinajstić information content (AvgIpc) is 3.14. The van der Waals surface area contributed by atoms with Gasteiger partial charge >= 0.3 is 5.97 Å². The van der Waals surface area contributed by atoms with Crippen molar-refractivity contribution in [3.05, 3.63) is 35.9 Å². The first kappa shape index (κ1) is 47.1. The number of ether oxygens (including phenoxy) is 3. The third kappa shape index (κ3) is 24.1. The molecule has 1 aromatic rings. The second-order valence-corrected chi connectivity index (χ2v) is 12.7.